The Labute approximate surface area is 244 Å². The lowest BCUT2D eigenvalue weighted by Crippen LogP contribution is -2.55. The third-order valence-electron chi connectivity index (χ3n) is 10.1. The van der Waals surface area contributed by atoms with Gasteiger partial charge in [0.2, 0.25) is 5.71 Å². The summed E-state index contributed by atoms with van der Waals surface area (Å²) >= 11 is 0. The number of para-hydroxylation sites is 4. The Morgan fingerprint density at radius 1 is 0.512 bits per heavy atom. The van der Waals surface area contributed by atoms with Crippen LogP contribution in [0.1, 0.15) is 0 Å². The van der Waals surface area contributed by atoms with Crippen molar-refractivity contribution in [2.45, 2.75) is 0 Å². The molecule has 0 amide bonds. The summed E-state index contributed by atoms with van der Waals surface area (Å²) in [4.78, 5) is 0. The van der Waals surface area contributed by atoms with Crippen molar-refractivity contribution in [2.24, 2.45) is 0 Å². The molecule has 12 rings (SSSR count). The molecule has 4 nitrogen and oxygen atoms in total. The predicted molar refractivity (Wildman–Crippen MR) is 177 cm³/mol. The summed E-state index contributed by atoms with van der Waals surface area (Å²) < 4.78 is 18.4. The highest BCUT2D eigenvalue weighted by Gasteiger charge is 2.43. The third kappa shape index (κ3) is 2.20. The van der Waals surface area contributed by atoms with E-state index in [9.17, 15) is 0 Å². The van der Waals surface area contributed by atoms with Crippen molar-refractivity contribution >= 4 is 94.5 Å². The van der Waals surface area contributed by atoms with Gasteiger partial charge in [-0.2, -0.15) is 0 Å². The largest absolute Gasteiger partial charge is 0.441 e. The molecule has 5 heteroatoms. The van der Waals surface area contributed by atoms with Crippen LogP contribution in [-0.2, 0) is 0 Å². The van der Waals surface area contributed by atoms with Gasteiger partial charge in [0.15, 0.2) is 5.71 Å². The number of nitrogens with zero attached hydrogens (tertiary/aromatic N) is 2. The zero-order valence-electron chi connectivity index (χ0n) is 22.8. The minimum absolute atomic E-state index is 0.0495. The molecule has 0 aliphatic carbocycles. The molecule has 0 N–H and O–H groups in total. The Kier molecular flexibility index (Phi) is 3.36. The van der Waals surface area contributed by atoms with Crippen molar-refractivity contribution in [3.05, 3.63) is 115 Å². The summed E-state index contributed by atoms with van der Waals surface area (Å²) in [6.07, 6.45) is 0. The summed E-state index contributed by atoms with van der Waals surface area (Å²) in [6.45, 7) is -0.0495. The molecule has 2 aliphatic heterocycles. The Morgan fingerprint density at radius 3 is 1.95 bits per heavy atom. The fraction of sp³-hybridized carbons (Fsp3) is 0. The maximum absolute atomic E-state index is 6.77. The Morgan fingerprint density at radius 2 is 1.14 bits per heavy atom. The van der Waals surface area contributed by atoms with Gasteiger partial charge in [-0.05, 0) is 40.1 Å². The zero-order chi connectivity index (χ0) is 27.6. The number of fused-ring (bicyclic) bond motifs is 16. The molecule has 0 fully saturated rings. The molecule has 10 aromatic rings. The normalized spacial score (nSPS) is 13.5. The summed E-state index contributed by atoms with van der Waals surface area (Å²) in [5, 5.41) is 9.61. The summed E-state index contributed by atoms with van der Waals surface area (Å²) in [6, 6.07) is 41.6. The van der Waals surface area contributed by atoms with E-state index in [1.807, 2.05) is 0 Å². The number of rotatable bonds is 0. The number of hydrogen-bond acceptors (Lipinski definition) is 2. The average Bonchev–Trinajstić information content (AvgIpc) is 3.79. The van der Waals surface area contributed by atoms with Gasteiger partial charge in [-0.25, -0.2) is 0 Å². The molecule has 6 heterocycles. The second kappa shape index (κ2) is 6.85. The highest BCUT2D eigenvalue weighted by atomic mass is 16.3. The van der Waals surface area contributed by atoms with Crippen molar-refractivity contribution in [2.75, 3.05) is 0 Å². The minimum atomic E-state index is -0.0495. The van der Waals surface area contributed by atoms with Crippen LogP contribution in [0.2, 0.25) is 0 Å². The number of aromatic nitrogens is 2. The van der Waals surface area contributed by atoms with Gasteiger partial charge >= 0.3 is 6.85 Å². The fourth-order valence-electron chi connectivity index (χ4n) is 8.54. The first kappa shape index (κ1) is 21.1. The summed E-state index contributed by atoms with van der Waals surface area (Å²) in [5.41, 5.74) is 12.4. The third-order valence-corrected chi connectivity index (χ3v) is 10.1. The van der Waals surface area contributed by atoms with E-state index in [-0.39, 0.29) is 6.85 Å². The van der Waals surface area contributed by atoms with Gasteiger partial charge in [0, 0.05) is 38.0 Å². The van der Waals surface area contributed by atoms with Crippen molar-refractivity contribution < 1.29 is 8.83 Å². The maximum Gasteiger partial charge on any atom is 0.336 e. The molecule has 0 unspecified atom stereocenters. The van der Waals surface area contributed by atoms with Crippen molar-refractivity contribution in [1.82, 2.24) is 9.05 Å². The molecule has 196 valence electrons. The molecule has 0 spiro atoms. The predicted octanol–water partition coefficient (Wildman–Crippen LogP) is 8.48. The van der Waals surface area contributed by atoms with Crippen LogP contribution in [0.25, 0.3) is 93.5 Å². The Hall–Kier alpha value is -5.68. The van der Waals surface area contributed by atoms with Gasteiger partial charge < -0.3 is 13.3 Å². The molecule has 4 aromatic heterocycles. The van der Waals surface area contributed by atoms with Crippen LogP contribution in [0.15, 0.2) is 124 Å². The number of hydrogen-bond donors (Lipinski definition) is 0. The first-order chi connectivity index (χ1) is 21.4. The molecule has 43 heavy (non-hydrogen) atoms. The van der Waals surface area contributed by atoms with Crippen molar-refractivity contribution in [3.8, 4) is 16.8 Å². The van der Waals surface area contributed by atoms with E-state index in [1.165, 1.54) is 71.1 Å². The van der Waals surface area contributed by atoms with E-state index in [4.69, 9.17) is 8.83 Å². The first-order valence-electron chi connectivity index (χ1n) is 14.8. The van der Waals surface area contributed by atoms with Crippen LogP contribution in [0.5, 0.6) is 0 Å². The van der Waals surface area contributed by atoms with E-state index < -0.39 is 0 Å². The number of benzene rings is 6. The highest BCUT2D eigenvalue weighted by molar-refractivity contribution is 6.90. The van der Waals surface area contributed by atoms with E-state index in [2.05, 4.69) is 124 Å². The first-order valence-corrected chi connectivity index (χ1v) is 14.8. The van der Waals surface area contributed by atoms with Gasteiger partial charge in [0.1, 0.15) is 11.2 Å². The van der Waals surface area contributed by atoms with Gasteiger partial charge in [-0.3, -0.25) is 4.57 Å². The summed E-state index contributed by atoms with van der Waals surface area (Å²) in [5.74, 6) is 0. The van der Waals surface area contributed by atoms with Crippen LogP contribution in [0.4, 0.5) is 0 Å². The van der Waals surface area contributed by atoms with E-state index >= 15 is 0 Å². The van der Waals surface area contributed by atoms with E-state index in [1.54, 1.807) is 0 Å². The Bertz CT molecular complexity index is 2910. The average molecular weight is 546 g/mol. The van der Waals surface area contributed by atoms with Crippen LogP contribution >= 0.6 is 0 Å². The van der Waals surface area contributed by atoms with Crippen LogP contribution in [-0.4, -0.2) is 15.9 Å². The lowest BCUT2D eigenvalue weighted by Gasteiger charge is -2.34. The van der Waals surface area contributed by atoms with Crippen LogP contribution < -0.4 is 10.9 Å². The topological polar surface area (TPSA) is 36.1 Å². The molecule has 0 atom stereocenters. The van der Waals surface area contributed by atoms with Crippen LogP contribution in [0, 0.1) is 0 Å². The van der Waals surface area contributed by atoms with Crippen molar-refractivity contribution in [1.29, 1.82) is 0 Å². The number of furan rings is 2. The highest BCUT2D eigenvalue weighted by Crippen LogP contribution is 2.47. The maximum atomic E-state index is 6.77. The van der Waals surface area contributed by atoms with Crippen molar-refractivity contribution in [3.63, 3.8) is 0 Å². The quantitative estimate of drug-likeness (QED) is 0.179. The molecular formula is C38H19BN2O2. The molecular weight excluding hydrogens is 527 g/mol. The van der Waals surface area contributed by atoms with E-state index in [0.29, 0.717) is 0 Å². The lowest BCUT2D eigenvalue weighted by molar-refractivity contribution is 0.646. The molecule has 0 saturated carbocycles. The second-order valence-electron chi connectivity index (χ2n) is 12.0. The van der Waals surface area contributed by atoms with Gasteiger partial charge in [0.05, 0.1) is 22.0 Å². The SMILES string of the molecule is c1ccc2c3c4c(cc2c1)-c1cccc2c5c6ccccc6oc5n(c12)B4c1cccc2c4c5ccccc5oc4n-3c12. The fourth-order valence-corrected chi connectivity index (χ4v) is 8.54. The molecule has 0 bridgehead atoms. The monoisotopic (exact) mass is 546 g/mol. The summed E-state index contributed by atoms with van der Waals surface area (Å²) in [7, 11) is 0. The molecule has 6 aromatic carbocycles. The Balaban J connectivity index is 1.39. The van der Waals surface area contributed by atoms with E-state index in [0.717, 1.165) is 33.4 Å². The lowest BCUT2D eigenvalue weighted by atomic mass is 9.45. The zero-order valence-corrected chi connectivity index (χ0v) is 22.8. The molecule has 0 saturated heterocycles. The smallest absolute Gasteiger partial charge is 0.336 e. The molecule has 2 aliphatic rings. The van der Waals surface area contributed by atoms with Gasteiger partial charge in [0.25, 0.3) is 0 Å². The van der Waals surface area contributed by atoms with Crippen LogP contribution in [0.3, 0.4) is 0 Å². The van der Waals surface area contributed by atoms with Gasteiger partial charge in [-0.1, -0.05) is 97.1 Å². The minimum Gasteiger partial charge on any atom is -0.441 e. The van der Waals surface area contributed by atoms with Gasteiger partial charge in [-0.15, -0.1) is 0 Å². The second-order valence-corrected chi connectivity index (χ2v) is 12.0. The molecule has 0 radical (unpaired) electrons. The standard InChI is InChI=1S/C38H19BN2O2/c1-2-10-21-20(9-1)19-27-22-13-7-14-25-32-24-12-4-6-18-30(24)43-38(32)41(34(22)25)39-28-16-8-15-26-31-23-11-3-5-17-29(23)42-37(31)40(35(26)28)36(21)33(27)39/h1-19H.